The van der Waals surface area contributed by atoms with Crippen LogP contribution in [0.25, 0.3) is 0 Å². The van der Waals surface area contributed by atoms with Gasteiger partial charge in [0.25, 0.3) is 0 Å². The number of piperidine rings is 1. The Morgan fingerprint density at radius 1 is 1.10 bits per heavy atom. The Bertz CT molecular complexity index is 805. The molecule has 154 valence electrons. The minimum absolute atomic E-state index is 0.0923. The summed E-state index contributed by atoms with van der Waals surface area (Å²) in [6.07, 6.45) is 2.09. The predicted octanol–water partition coefficient (Wildman–Crippen LogP) is 3.31. The molecule has 2 amide bonds. The number of benzene rings is 2. The van der Waals surface area contributed by atoms with Crippen LogP contribution in [0.5, 0.6) is 5.75 Å². The highest BCUT2D eigenvalue weighted by molar-refractivity contribution is 5.82. The lowest BCUT2D eigenvalue weighted by atomic mass is 9.96. The zero-order valence-corrected chi connectivity index (χ0v) is 17.3. The largest absolute Gasteiger partial charge is 0.492 e. The number of likely N-dealkylation sites (N-methyl/N-ethyl adjacent to an activating group) is 1. The van der Waals surface area contributed by atoms with E-state index in [2.05, 4.69) is 0 Å². The first-order valence-corrected chi connectivity index (χ1v) is 10.3. The number of hydrogen-bond acceptors (Lipinski definition) is 3. The van der Waals surface area contributed by atoms with Gasteiger partial charge in [-0.15, -0.1) is 0 Å². The van der Waals surface area contributed by atoms with E-state index < -0.39 is 0 Å². The Kier molecular flexibility index (Phi) is 7.28. The number of likely N-dealkylation sites (tertiary alicyclic amines) is 1. The third-order valence-corrected chi connectivity index (χ3v) is 5.41. The van der Waals surface area contributed by atoms with Crippen molar-refractivity contribution >= 4 is 11.8 Å². The molecule has 1 unspecified atom stereocenters. The van der Waals surface area contributed by atoms with Crippen molar-refractivity contribution in [2.45, 2.75) is 26.2 Å². The first-order chi connectivity index (χ1) is 14.0. The second kappa shape index (κ2) is 10.1. The molecule has 1 aliphatic rings. The first-order valence-electron chi connectivity index (χ1n) is 10.3. The van der Waals surface area contributed by atoms with Crippen molar-refractivity contribution in [3.05, 3.63) is 65.7 Å². The normalized spacial score (nSPS) is 16.3. The van der Waals surface area contributed by atoms with Crippen LogP contribution >= 0.6 is 0 Å². The van der Waals surface area contributed by atoms with Crippen LogP contribution < -0.4 is 4.74 Å². The van der Waals surface area contributed by atoms with Crippen molar-refractivity contribution in [1.29, 1.82) is 0 Å². The molecule has 2 aromatic carbocycles. The molecule has 1 saturated heterocycles. The smallest absolute Gasteiger partial charge is 0.227 e. The Morgan fingerprint density at radius 3 is 2.55 bits per heavy atom. The van der Waals surface area contributed by atoms with E-state index in [0.717, 1.165) is 30.7 Å². The van der Waals surface area contributed by atoms with E-state index in [9.17, 15) is 9.59 Å². The molecule has 5 heteroatoms. The van der Waals surface area contributed by atoms with Gasteiger partial charge in [0.1, 0.15) is 12.4 Å². The molecular weight excluding hydrogens is 364 g/mol. The summed E-state index contributed by atoms with van der Waals surface area (Å²) in [5.41, 5.74) is 2.20. The van der Waals surface area contributed by atoms with Gasteiger partial charge in [0, 0.05) is 20.1 Å². The average Bonchev–Trinajstić information content (AvgIpc) is 2.75. The molecule has 0 spiro atoms. The summed E-state index contributed by atoms with van der Waals surface area (Å²) in [5.74, 6) is 0.869. The SMILES string of the molecule is Cc1ccc(OCCN(C)C(=O)C2CCCN(C(=O)Cc3ccccc3)C2)cc1. The van der Waals surface area contributed by atoms with Gasteiger partial charge in [-0.2, -0.15) is 0 Å². The molecule has 0 saturated carbocycles. The van der Waals surface area contributed by atoms with Gasteiger partial charge < -0.3 is 14.5 Å². The highest BCUT2D eigenvalue weighted by atomic mass is 16.5. The van der Waals surface area contributed by atoms with Crippen LogP contribution in [-0.2, 0) is 16.0 Å². The van der Waals surface area contributed by atoms with Crippen molar-refractivity contribution in [3.63, 3.8) is 0 Å². The minimum atomic E-state index is -0.132. The molecule has 1 aliphatic heterocycles. The molecular formula is C24H30N2O3. The summed E-state index contributed by atoms with van der Waals surface area (Å²) in [5, 5.41) is 0. The second-order valence-electron chi connectivity index (χ2n) is 7.76. The summed E-state index contributed by atoms with van der Waals surface area (Å²) in [6.45, 7) is 4.26. The topological polar surface area (TPSA) is 49.9 Å². The molecule has 1 atom stereocenters. The quantitative estimate of drug-likeness (QED) is 0.724. The van der Waals surface area contributed by atoms with E-state index in [1.165, 1.54) is 5.56 Å². The van der Waals surface area contributed by atoms with Crippen molar-refractivity contribution < 1.29 is 14.3 Å². The van der Waals surface area contributed by atoms with Crippen molar-refractivity contribution in [2.24, 2.45) is 5.92 Å². The van der Waals surface area contributed by atoms with E-state index in [4.69, 9.17) is 4.74 Å². The van der Waals surface area contributed by atoms with Crippen LogP contribution in [0.3, 0.4) is 0 Å². The van der Waals surface area contributed by atoms with Crippen LogP contribution in [0.15, 0.2) is 54.6 Å². The standard InChI is InChI=1S/C24H30N2O3/c1-19-10-12-22(13-11-19)29-16-15-25(2)24(28)21-9-6-14-26(18-21)23(27)17-20-7-4-3-5-8-20/h3-5,7-8,10-13,21H,6,9,14-18H2,1-2H3. The van der Waals surface area contributed by atoms with Crippen LogP contribution in [0.2, 0.25) is 0 Å². The Labute approximate surface area is 173 Å². The maximum absolute atomic E-state index is 12.8. The fourth-order valence-corrected chi connectivity index (χ4v) is 3.64. The molecule has 2 aromatic rings. The van der Waals surface area contributed by atoms with E-state index in [-0.39, 0.29) is 17.7 Å². The van der Waals surface area contributed by atoms with Crippen LogP contribution in [0, 0.1) is 12.8 Å². The number of carbonyl (C=O) groups excluding carboxylic acids is 2. The predicted molar refractivity (Wildman–Crippen MR) is 114 cm³/mol. The number of rotatable bonds is 7. The molecule has 5 nitrogen and oxygen atoms in total. The third-order valence-electron chi connectivity index (χ3n) is 5.41. The van der Waals surface area contributed by atoms with Crippen LogP contribution in [0.1, 0.15) is 24.0 Å². The molecule has 1 fully saturated rings. The van der Waals surface area contributed by atoms with Crippen LogP contribution in [-0.4, -0.2) is 54.9 Å². The van der Waals surface area contributed by atoms with Gasteiger partial charge in [-0.3, -0.25) is 9.59 Å². The molecule has 1 heterocycles. The van der Waals surface area contributed by atoms with Gasteiger partial charge in [0.2, 0.25) is 11.8 Å². The van der Waals surface area contributed by atoms with Gasteiger partial charge in [-0.25, -0.2) is 0 Å². The minimum Gasteiger partial charge on any atom is -0.492 e. The van der Waals surface area contributed by atoms with Crippen molar-refractivity contribution in [1.82, 2.24) is 9.80 Å². The van der Waals surface area contributed by atoms with E-state index in [0.29, 0.717) is 26.1 Å². The Hall–Kier alpha value is -2.82. The summed E-state index contributed by atoms with van der Waals surface area (Å²) in [6, 6.07) is 17.7. The zero-order chi connectivity index (χ0) is 20.6. The van der Waals surface area contributed by atoms with E-state index >= 15 is 0 Å². The fourth-order valence-electron chi connectivity index (χ4n) is 3.64. The summed E-state index contributed by atoms with van der Waals surface area (Å²) < 4.78 is 5.74. The van der Waals surface area contributed by atoms with Gasteiger partial charge in [-0.05, 0) is 37.5 Å². The van der Waals surface area contributed by atoms with Gasteiger partial charge in [0.05, 0.1) is 18.9 Å². The lowest BCUT2D eigenvalue weighted by Gasteiger charge is -2.34. The number of aryl methyl sites for hydroxylation is 1. The van der Waals surface area contributed by atoms with Crippen molar-refractivity contribution in [3.8, 4) is 5.75 Å². The first kappa shape index (κ1) is 20.9. The lowest BCUT2D eigenvalue weighted by Crippen LogP contribution is -2.46. The molecule has 3 rings (SSSR count). The summed E-state index contributed by atoms with van der Waals surface area (Å²) in [4.78, 5) is 29.1. The second-order valence-corrected chi connectivity index (χ2v) is 7.76. The average molecular weight is 395 g/mol. The zero-order valence-electron chi connectivity index (χ0n) is 17.3. The highest BCUT2D eigenvalue weighted by Crippen LogP contribution is 2.20. The number of nitrogens with zero attached hydrogens (tertiary/aromatic N) is 2. The summed E-state index contributed by atoms with van der Waals surface area (Å²) in [7, 11) is 1.81. The molecule has 0 N–H and O–H groups in total. The van der Waals surface area contributed by atoms with Gasteiger partial charge >= 0.3 is 0 Å². The number of carbonyl (C=O) groups is 2. The summed E-state index contributed by atoms with van der Waals surface area (Å²) >= 11 is 0. The monoisotopic (exact) mass is 394 g/mol. The van der Waals surface area contributed by atoms with Gasteiger partial charge in [0.15, 0.2) is 0 Å². The van der Waals surface area contributed by atoms with Crippen LogP contribution in [0.4, 0.5) is 0 Å². The Balaban J connectivity index is 1.46. The number of amides is 2. The van der Waals surface area contributed by atoms with Gasteiger partial charge in [-0.1, -0.05) is 48.0 Å². The fraction of sp³-hybridized carbons (Fsp3) is 0.417. The highest BCUT2D eigenvalue weighted by Gasteiger charge is 2.30. The molecule has 0 radical (unpaired) electrons. The third kappa shape index (κ3) is 6.08. The molecule has 0 aliphatic carbocycles. The number of hydrogen-bond donors (Lipinski definition) is 0. The maximum Gasteiger partial charge on any atom is 0.227 e. The molecule has 0 bridgehead atoms. The Morgan fingerprint density at radius 2 is 1.83 bits per heavy atom. The van der Waals surface area contributed by atoms with Crippen molar-refractivity contribution in [2.75, 3.05) is 33.3 Å². The van der Waals surface area contributed by atoms with E-state index in [1.807, 2.05) is 73.5 Å². The van der Waals surface area contributed by atoms with E-state index in [1.54, 1.807) is 4.90 Å². The molecule has 0 aromatic heterocycles. The maximum atomic E-state index is 12.8. The lowest BCUT2D eigenvalue weighted by molar-refractivity contribution is -0.140. The number of ether oxygens (including phenoxy) is 1. The molecule has 29 heavy (non-hydrogen) atoms.